The minimum atomic E-state index is 0.200. The van der Waals surface area contributed by atoms with E-state index in [-0.39, 0.29) is 5.94 Å². The van der Waals surface area contributed by atoms with Gasteiger partial charge in [-0.25, -0.2) is 0 Å². The smallest absolute Gasteiger partial charge is 0.0989 e. The molecule has 0 heterocycles. The molecule has 2 heteroatoms. The molecule has 1 nitrogen and oxygen atoms in total. The zero-order chi connectivity index (χ0) is 10.6. The minimum absolute atomic E-state index is 0.200. The molecule has 0 aromatic rings. The van der Waals surface area contributed by atoms with Crippen LogP contribution in [0.15, 0.2) is 11.8 Å². The molecule has 14 heavy (non-hydrogen) atoms. The summed E-state index contributed by atoms with van der Waals surface area (Å²) in [6.07, 6.45) is 7.26. The van der Waals surface area contributed by atoms with E-state index >= 15 is 0 Å². The van der Waals surface area contributed by atoms with E-state index in [0.29, 0.717) is 5.92 Å². The molecule has 0 aromatic heterocycles. The van der Waals surface area contributed by atoms with Crippen molar-refractivity contribution in [2.75, 3.05) is 6.54 Å². The third kappa shape index (κ3) is 3.40. The normalized spacial score (nSPS) is 17.9. The van der Waals surface area contributed by atoms with Gasteiger partial charge in [0.05, 0.1) is 7.85 Å². The summed E-state index contributed by atoms with van der Waals surface area (Å²) in [5.74, 6) is 0.884. The molecule has 0 spiro atoms. The van der Waals surface area contributed by atoms with Gasteiger partial charge < -0.3 is 4.90 Å². The van der Waals surface area contributed by atoms with Crippen LogP contribution in [0.5, 0.6) is 0 Å². The summed E-state index contributed by atoms with van der Waals surface area (Å²) in [6.45, 7) is 7.72. The number of rotatable bonds is 5. The zero-order valence-corrected chi connectivity index (χ0v) is 9.79. The lowest BCUT2D eigenvalue weighted by Gasteiger charge is -2.32. The van der Waals surface area contributed by atoms with Gasteiger partial charge in [0.2, 0.25) is 0 Å². The molecule has 1 saturated carbocycles. The van der Waals surface area contributed by atoms with Crippen LogP contribution in [0.1, 0.15) is 46.5 Å². The predicted molar refractivity (Wildman–Crippen MR) is 63.3 cm³/mol. The average Bonchev–Trinajstić information content (AvgIpc) is 2.07. The van der Waals surface area contributed by atoms with Gasteiger partial charge >= 0.3 is 0 Å². The second-order valence-electron chi connectivity index (χ2n) is 4.71. The van der Waals surface area contributed by atoms with E-state index < -0.39 is 0 Å². The van der Waals surface area contributed by atoms with E-state index in [2.05, 4.69) is 31.9 Å². The monoisotopic (exact) mass is 191 g/mol. The molecule has 1 atom stereocenters. The van der Waals surface area contributed by atoms with Gasteiger partial charge in [0, 0.05) is 6.54 Å². The molecule has 1 rings (SSSR count). The Morgan fingerprint density at radius 1 is 1.43 bits per heavy atom. The Bertz CT molecular complexity index is 192. The Labute approximate surface area is 90.0 Å². The van der Waals surface area contributed by atoms with Crippen molar-refractivity contribution in [3.05, 3.63) is 11.8 Å². The van der Waals surface area contributed by atoms with Crippen molar-refractivity contribution in [3.8, 4) is 0 Å². The summed E-state index contributed by atoms with van der Waals surface area (Å²) < 4.78 is 0. The van der Waals surface area contributed by atoms with Gasteiger partial charge in [0.1, 0.15) is 0 Å². The molecule has 1 fully saturated rings. The quantitative estimate of drug-likeness (QED) is 0.604. The number of hydrogen-bond acceptors (Lipinski definition) is 1. The molecule has 0 N–H and O–H groups in total. The fourth-order valence-electron chi connectivity index (χ4n) is 1.68. The van der Waals surface area contributed by atoms with Crippen LogP contribution in [0.25, 0.3) is 0 Å². The van der Waals surface area contributed by atoms with Crippen LogP contribution in [0.4, 0.5) is 0 Å². The van der Waals surface area contributed by atoms with Crippen LogP contribution in [0, 0.1) is 5.92 Å². The molecule has 0 saturated heterocycles. The van der Waals surface area contributed by atoms with Crippen LogP contribution in [-0.4, -0.2) is 25.2 Å². The summed E-state index contributed by atoms with van der Waals surface area (Å²) in [5.41, 5.74) is 1.58. The molecule has 0 aromatic carbocycles. The fraction of sp³-hybridized carbons (Fsp3) is 0.833. The summed E-state index contributed by atoms with van der Waals surface area (Å²) in [5, 5.41) is 0. The SMILES string of the molecule is [B]C(CC)N(C=C1CCC1)CC(C)C. The number of hydrogen-bond donors (Lipinski definition) is 0. The van der Waals surface area contributed by atoms with Crippen molar-refractivity contribution in [2.24, 2.45) is 5.92 Å². The van der Waals surface area contributed by atoms with Gasteiger partial charge in [-0.2, -0.15) is 0 Å². The highest BCUT2D eigenvalue weighted by molar-refractivity contribution is 6.11. The summed E-state index contributed by atoms with van der Waals surface area (Å²) >= 11 is 0. The molecule has 78 valence electrons. The standard InChI is InChI=1S/C12H22BN/c1-4-12(13)14(8-10(2)3)9-11-6-5-7-11/h9-10,12H,4-8H2,1-3H3. The van der Waals surface area contributed by atoms with Gasteiger partial charge in [-0.3, -0.25) is 0 Å². The lowest BCUT2D eigenvalue weighted by Crippen LogP contribution is -2.34. The average molecular weight is 191 g/mol. The van der Waals surface area contributed by atoms with Gasteiger partial charge in [-0.1, -0.05) is 26.3 Å². The van der Waals surface area contributed by atoms with Gasteiger partial charge in [0.15, 0.2) is 0 Å². The molecule has 1 aliphatic carbocycles. The van der Waals surface area contributed by atoms with Crippen molar-refractivity contribution >= 4 is 7.85 Å². The zero-order valence-electron chi connectivity index (χ0n) is 9.79. The van der Waals surface area contributed by atoms with E-state index in [4.69, 9.17) is 7.85 Å². The van der Waals surface area contributed by atoms with Crippen molar-refractivity contribution in [1.82, 2.24) is 4.90 Å². The van der Waals surface area contributed by atoms with E-state index in [9.17, 15) is 0 Å². The van der Waals surface area contributed by atoms with Gasteiger partial charge in [0.25, 0.3) is 0 Å². The largest absolute Gasteiger partial charge is 0.383 e. The highest BCUT2D eigenvalue weighted by Gasteiger charge is 2.14. The topological polar surface area (TPSA) is 3.24 Å². The Balaban J connectivity index is 2.51. The first-order valence-electron chi connectivity index (χ1n) is 5.84. The maximum Gasteiger partial charge on any atom is 0.0989 e. The molecule has 1 aliphatic rings. The maximum absolute atomic E-state index is 6.07. The van der Waals surface area contributed by atoms with Crippen LogP contribution < -0.4 is 0 Å². The first-order valence-corrected chi connectivity index (χ1v) is 5.84. The lowest BCUT2D eigenvalue weighted by atomic mass is 9.89. The molecular weight excluding hydrogens is 169 g/mol. The lowest BCUT2D eigenvalue weighted by molar-refractivity contribution is 0.296. The van der Waals surface area contributed by atoms with E-state index in [1.165, 1.54) is 19.3 Å². The maximum atomic E-state index is 6.07. The van der Waals surface area contributed by atoms with Crippen molar-refractivity contribution in [2.45, 2.75) is 52.4 Å². The first-order chi connectivity index (χ1) is 6.63. The van der Waals surface area contributed by atoms with Crippen molar-refractivity contribution in [3.63, 3.8) is 0 Å². The molecular formula is C12H22BN. The van der Waals surface area contributed by atoms with E-state index in [1.807, 2.05) is 0 Å². The molecule has 0 amide bonds. The van der Waals surface area contributed by atoms with Gasteiger partial charge in [-0.15, -0.1) is 0 Å². The number of allylic oxidation sites excluding steroid dienone is 1. The third-order valence-corrected chi connectivity index (χ3v) is 2.76. The third-order valence-electron chi connectivity index (χ3n) is 2.76. The van der Waals surface area contributed by atoms with Gasteiger partial charge in [-0.05, 0) is 43.7 Å². The predicted octanol–water partition coefficient (Wildman–Crippen LogP) is 2.92. The second-order valence-corrected chi connectivity index (χ2v) is 4.71. The van der Waals surface area contributed by atoms with Crippen LogP contribution in [0.2, 0.25) is 0 Å². The van der Waals surface area contributed by atoms with E-state index in [0.717, 1.165) is 13.0 Å². The molecule has 1 unspecified atom stereocenters. The van der Waals surface area contributed by atoms with Crippen LogP contribution in [-0.2, 0) is 0 Å². The molecule has 0 bridgehead atoms. The molecule has 2 radical (unpaired) electrons. The highest BCUT2D eigenvalue weighted by atomic mass is 15.1. The van der Waals surface area contributed by atoms with E-state index in [1.54, 1.807) is 5.57 Å². The Morgan fingerprint density at radius 3 is 2.43 bits per heavy atom. The van der Waals surface area contributed by atoms with Crippen LogP contribution >= 0.6 is 0 Å². The summed E-state index contributed by atoms with van der Waals surface area (Å²) in [7, 11) is 6.07. The van der Waals surface area contributed by atoms with Crippen molar-refractivity contribution < 1.29 is 0 Å². The Morgan fingerprint density at radius 2 is 2.07 bits per heavy atom. The second kappa shape index (κ2) is 5.48. The summed E-state index contributed by atoms with van der Waals surface area (Å²) in [6, 6.07) is 0. The van der Waals surface area contributed by atoms with Crippen molar-refractivity contribution in [1.29, 1.82) is 0 Å². The highest BCUT2D eigenvalue weighted by Crippen LogP contribution is 2.26. The fourth-order valence-corrected chi connectivity index (χ4v) is 1.68. The first kappa shape index (κ1) is 11.7. The van der Waals surface area contributed by atoms with Crippen LogP contribution in [0.3, 0.4) is 0 Å². The summed E-state index contributed by atoms with van der Waals surface area (Å²) in [4.78, 5) is 2.32. The Kier molecular flexibility index (Phi) is 4.57. The number of nitrogens with zero attached hydrogens (tertiary/aromatic N) is 1. The molecule has 0 aliphatic heterocycles. The minimum Gasteiger partial charge on any atom is -0.383 e. The Hall–Kier alpha value is -0.395.